The second-order valence-electron chi connectivity index (χ2n) is 2.65. The lowest BCUT2D eigenvalue weighted by Crippen LogP contribution is -2.05. The molecule has 0 aromatic carbocycles. The Balaban J connectivity index is 2.58. The fraction of sp³-hybridized carbons (Fsp3) is 0.625. The molecule has 0 N–H and O–H groups in total. The summed E-state index contributed by atoms with van der Waals surface area (Å²) in [6.07, 6.45) is 1.01. The van der Waals surface area contributed by atoms with Crippen molar-refractivity contribution in [2.45, 2.75) is 33.3 Å². The van der Waals surface area contributed by atoms with Crippen LogP contribution >= 0.6 is 0 Å². The third kappa shape index (κ3) is 2.26. The van der Waals surface area contributed by atoms with Gasteiger partial charge in [-0.2, -0.15) is 0 Å². The summed E-state index contributed by atoms with van der Waals surface area (Å²) >= 11 is 0. The molecule has 11 heavy (non-hydrogen) atoms. The molecule has 62 valence electrons. The highest BCUT2D eigenvalue weighted by Gasteiger charge is 2.03. The molecule has 0 spiro atoms. The largest absolute Gasteiger partial charge is 0.473 e. The van der Waals surface area contributed by atoms with Crippen molar-refractivity contribution in [2.75, 3.05) is 0 Å². The fourth-order valence-electron chi connectivity index (χ4n) is 0.758. The Bertz CT molecular complexity index is 218. The van der Waals surface area contributed by atoms with Gasteiger partial charge in [0.25, 0.3) is 5.88 Å². The predicted molar refractivity (Wildman–Crippen MR) is 41.6 cm³/mol. The van der Waals surface area contributed by atoms with Crippen LogP contribution in [0.5, 0.6) is 5.88 Å². The molecule has 0 radical (unpaired) electrons. The molecule has 0 saturated heterocycles. The number of hydrogen-bond acceptors (Lipinski definition) is 3. The summed E-state index contributed by atoms with van der Waals surface area (Å²) < 4.78 is 10.2. The molecule has 0 bridgehead atoms. The number of ether oxygens (including phenoxy) is 1. The van der Waals surface area contributed by atoms with Gasteiger partial charge in [0.1, 0.15) is 5.76 Å². The average Bonchev–Trinajstić information content (AvgIpc) is 2.34. The Morgan fingerprint density at radius 3 is 2.82 bits per heavy atom. The van der Waals surface area contributed by atoms with Crippen molar-refractivity contribution in [3.05, 3.63) is 11.8 Å². The zero-order chi connectivity index (χ0) is 8.27. The van der Waals surface area contributed by atoms with Crippen LogP contribution in [0.15, 0.2) is 10.6 Å². The summed E-state index contributed by atoms with van der Waals surface area (Å²) in [5.74, 6) is 1.44. The van der Waals surface area contributed by atoms with E-state index in [4.69, 9.17) is 9.26 Å². The van der Waals surface area contributed by atoms with Crippen LogP contribution < -0.4 is 4.74 Å². The molecular weight excluding hydrogens is 142 g/mol. The number of rotatable bonds is 3. The van der Waals surface area contributed by atoms with Crippen molar-refractivity contribution >= 4 is 0 Å². The molecule has 0 fully saturated rings. The molecule has 0 unspecified atom stereocenters. The van der Waals surface area contributed by atoms with Crippen LogP contribution in [0.4, 0.5) is 0 Å². The van der Waals surface area contributed by atoms with E-state index >= 15 is 0 Å². The zero-order valence-electron chi connectivity index (χ0n) is 7.13. The van der Waals surface area contributed by atoms with Gasteiger partial charge in [-0.25, -0.2) is 0 Å². The van der Waals surface area contributed by atoms with E-state index in [1.165, 1.54) is 0 Å². The molecule has 1 heterocycles. The molecule has 0 aliphatic heterocycles. The second-order valence-corrected chi connectivity index (χ2v) is 2.65. The Morgan fingerprint density at radius 1 is 1.64 bits per heavy atom. The third-order valence-electron chi connectivity index (χ3n) is 1.24. The fourth-order valence-corrected chi connectivity index (χ4v) is 0.758. The van der Waals surface area contributed by atoms with Gasteiger partial charge < -0.3 is 9.26 Å². The Hall–Kier alpha value is -0.990. The monoisotopic (exact) mass is 155 g/mol. The molecule has 1 rings (SSSR count). The van der Waals surface area contributed by atoms with Crippen LogP contribution in [0.1, 0.15) is 26.5 Å². The smallest absolute Gasteiger partial charge is 0.254 e. The van der Waals surface area contributed by atoms with Crippen molar-refractivity contribution in [1.82, 2.24) is 5.16 Å². The summed E-state index contributed by atoms with van der Waals surface area (Å²) in [4.78, 5) is 0. The zero-order valence-corrected chi connectivity index (χ0v) is 7.13. The van der Waals surface area contributed by atoms with Gasteiger partial charge in [0, 0.05) is 12.5 Å². The molecule has 0 aliphatic carbocycles. The minimum absolute atomic E-state index is 0.157. The van der Waals surface area contributed by atoms with Gasteiger partial charge in [0.05, 0.1) is 6.10 Å². The van der Waals surface area contributed by atoms with Gasteiger partial charge in [-0.1, -0.05) is 6.92 Å². The van der Waals surface area contributed by atoms with Gasteiger partial charge in [0.15, 0.2) is 0 Å². The summed E-state index contributed by atoms with van der Waals surface area (Å²) in [6.45, 7) is 5.93. The second kappa shape index (κ2) is 3.42. The molecule has 3 heteroatoms. The van der Waals surface area contributed by atoms with Crippen molar-refractivity contribution in [3.8, 4) is 5.88 Å². The van der Waals surface area contributed by atoms with Crippen LogP contribution in [0.3, 0.4) is 0 Å². The maximum Gasteiger partial charge on any atom is 0.254 e. The van der Waals surface area contributed by atoms with Gasteiger partial charge in [-0.3, -0.25) is 0 Å². The molecule has 0 atom stereocenters. The third-order valence-corrected chi connectivity index (χ3v) is 1.24. The van der Waals surface area contributed by atoms with Crippen LogP contribution in [0.2, 0.25) is 0 Å². The first-order chi connectivity index (χ1) is 5.22. The van der Waals surface area contributed by atoms with Gasteiger partial charge in [-0.15, -0.1) is 0 Å². The summed E-state index contributed by atoms with van der Waals surface area (Å²) in [5, 5.41) is 3.73. The van der Waals surface area contributed by atoms with Crippen LogP contribution in [-0.4, -0.2) is 11.3 Å². The molecule has 3 nitrogen and oxygen atoms in total. The Morgan fingerprint density at radius 2 is 2.36 bits per heavy atom. The molecule has 1 aromatic rings. The van der Waals surface area contributed by atoms with E-state index < -0.39 is 0 Å². The number of hydrogen-bond donors (Lipinski definition) is 0. The minimum atomic E-state index is 0.157. The van der Waals surface area contributed by atoms with E-state index in [0.717, 1.165) is 12.2 Å². The summed E-state index contributed by atoms with van der Waals surface area (Å²) in [7, 11) is 0. The highest BCUT2D eigenvalue weighted by Crippen LogP contribution is 2.12. The molecule has 0 aliphatic rings. The van der Waals surface area contributed by atoms with E-state index in [-0.39, 0.29) is 6.10 Å². The van der Waals surface area contributed by atoms with Crippen molar-refractivity contribution in [2.24, 2.45) is 0 Å². The lowest BCUT2D eigenvalue weighted by atomic mass is 10.4. The average molecular weight is 155 g/mol. The quantitative estimate of drug-likeness (QED) is 0.669. The molecular formula is C8H13NO2. The summed E-state index contributed by atoms with van der Waals surface area (Å²) in [5.41, 5.74) is 0. The van der Waals surface area contributed by atoms with Crippen LogP contribution in [0.25, 0.3) is 0 Å². The van der Waals surface area contributed by atoms with E-state index in [0.29, 0.717) is 5.88 Å². The van der Waals surface area contributed by atoms with Crippen molar-refractivity contribution in [1.29, 1.82) is 0 Å². The van der Waals surface area contributed by atoms with E-state index in [2.05, 4.69) is 5.16 Å². The van der Waals surface area contributed by atoms with Gasteiger partial charge in [-0.05, 0) is 19.0 Å². The Kier molecular flexibility index (Phi) is 2.52. The first-order valence-electron chi connectivity index (χ1n) is 3.84. The maximum absolute atomic E-state index is 5.29. The van der Waals surface area contributed by atoms with E-state index in [9.17, 15) is 0 Å². The summed E-state index contributed by atoms with van der Waals surface area (Å²) in [6, 6.07) is 1.82. The normalized spacial score (nSPS) is 10.5. The van der Waals surface area contributed by atoms with Crippen LogP contribution in [0, 0.1) is 0 Å². The van der Waals surface area contributed by atoms with Crippen molar-refractivity contribution < 1.29 is 9.26 Å². The SMILES string of the molecule is CCc1cc(OC(C)C)no1. The van der Waals surface area contributed by atoms with Gasteiger partial charge in [0.2, 0.25) is 0 Å². The number of nitrogens with zero attached hydrogens (tertiary/aromatic N) is 1. The van der Waals surface area contributed by atoms with Gasteiger partial charge >= 0.3 is 0 Å². The van der Waals surface area contributed by atoms with E-state index in [1.807, 2.05) is 26.8 Å². The van der Waals surface area contributed by atoms with Crippen molar-refractivity contribution in [3.63, 3.8) is 0 Å². The molecule has 0 saturated carbocycles. The Labute approximate surface area is 66.3 Å². The van der Waals surface area contributed by atoms with E-state index in [1.54, 1.807) is 0 Å². The first-order valence-corrected chi connectivity index (χ1v) is 3.84. The predicted octanol–water partition coefficient (Wildman–Crippen LogP) is 2.02. The highest BCUT2D eigenvalue weighted by atomic mass is 16.5. The lowest BCUT2D eigenvalue weighted by molar-refractivity contribution is 0.217. The number of aryl methyl sites for hydroxylation is 1. The lowest BCUT2D eigenvalue weighted by Gasteiger charge is -2.02. The molecule has 1 aromatic heterocycles. The minimum Gasteiger partial charge on any atom is -0.473 e. The number of aromatic nitrogens is 1. The molecule has 0 amide bonds. The highest BCUT2D eigenvalue weighted by molar-refractivity contribution is 5.10. The topological polar surface area (TPSA) is 35.3 Å². The van der Waals surface area contributed by atoms with Crippen LogP contribution in [-0.2, 0) is 6.42 Å². The first kappa shape index (κ1) is 8.11. The maximum atomic E-state index is 5.29. The standard InChI is InChI=1S/C8H13NO2/c1-4-7-5-8(9-11-7)10-6(2)3/h5-6H,4H2,1-3H3.